The molecule has 0 bridgehead atoms. The van der Waals surface area contributed by atoms with Crippen LogP contribution in [-0.2, 0) is 9.03 Å². The van der Waals surface area contributed by atoms with E-state index in [1.54, 1.807) is 31.2 Å². The predicted octanol–water partition coefficient (Wildman–Crippen LogP) is 3.76. The highest BCUT2D eigenvalue weighted by atomic mass is 35.5. The van der Waals surface area contributed by atoms with Crippen molar-refractivity contribution in [3.05, 3.63) is 29.8 Å². The van der Waals surface area contributed by atoms with E-state index in [1.807, 2.05) is 6.92 Å². The minimum Gasteiger partial charge on any atom is -0.449 e. The summed E-state index contributed by atoms with van der Waals surface area (Å²) in [5.41, 5.74) is 0.638. The maximum absolute atomic E-state index is 12.0. The number of para-hydroxylation sites is 1. The molecule has 0 saturated heterocycles. The first-order valence-electron chi connectivity index (χ1n) is 6.51. The lowest BCUT2D eigenvalue weighted by Crippen LogP contribution is -2.32. The van der Waals surface area contributed by atoms with Crippen molar-refractivity contribution >= 4 is 29.6 Å². The van der Waals surface area contributed by atoms with Gasteiger partial charge in [0.2, 0.25) is 0 Å². The maximum atomic E-state index is 12.0. The van der Waals surface area contributed by atoms with Gasteiger partial charge in [-0.25, -0.2) is 9.59 Å². The number of amides is 1. The number of hydrogen-bond acceptors (Lipinski definition) is 4. The zero-order valence-corrected chi connectivity index (χ0v) is 12.4. The molecule has 0 saturated carbocycles. The van der Waals surface area contributed by atoms with Gasteiger partial charge in [0, 0.05) is 6.54 Å². The maximum Gasteiger partial charge on any atom is 0.414 e. The quantitative estimate of drug-likeness (QED) is 0.750. The third-order valence-corrected chi connectivity index (χ3v) is 2.89. The molecule has 110 valence electrons. The molecule has 0 radical (unpaired) electrons. The van der Waals surface area contributed by atoms with E-state index in [0.717, 1.165) is 12.8 Å². The third kappa shape index (κ3) is 4.13. The molecular weight excluding hydrogens is 282 g/mol. The lowest BCUT2D eigenvalue weighted by Gasteiger charge is -2.22. The molecule has 0 aromatic heterocycles. The Morgan fingerprint density at radius 2 is 1.95 bits per heavy atom. The number of carbonyl (C=O) groups excluding carboxylic acids is 2. The van der Waals surface area contributed by atoms with Gasteiger partial charge in [-0.1, -0.05) is 25.5 Å². The van der Waals surface area contributed by atoms with Crippen LogP contribution in [0.2, 0.25) is 0 Å². The zero-order valence-electron chi connectivity index (χ0n) is 11.6. The molecule has 1 amide bonds. The number of carbonyl (C=O) groups is 2. The van der Waals surface area contributed by atoms with E-state index in [0.29, 0.717) is 18.8 Å². The SMILES string of the molecule is CCCCOC(=O)N(CC)c1ccccc1C(=O)OCl. The van der Waals surface area contributed by atoms with Crippen LogP contribution in [0.5, 0.6) is 0 Å². The molecule has 0 aliphatic rings. The summed E-state index contributed by atoms with van der Waals surface area (Å²) in [6, 6.07) is 6.58. The largest absolute Gasteiger partial charge is 0.449 e. The molecule has 20 heavy (non-hydrogen) atoms. The van der Waals surface area contributed by atoms with Crippen molar-refractivity contribution in [3.8, 4) is 0 Å². The summed E-state index contributed by atoms with van der Waals surface area (Å²) in [6.45, 7) is 4.53. The Labute approximate surface area is 123 Å². The van der Waals surface area contributed by atoms with Crippen LogP contribution >= 0.6 is 11.9 Å². The smallest absolute Gasteiger partial charge is 0.414 e. The Bertz CT molecular complexity index is 464. The van der Waals surface area contributed by atoms with Gasteiger partial charge in [0.15, 0.2) is 0 Å². The fraction of sp³-hybridized carbons (Fsp3) is 0.429. The van der Waals surface area contributed by atoms with E-state index < -0.39 is 12.1 Å². The molecule has 0 heterocycles. The molecule has 0 aliphatic carbocycles. The molecule has 0 fully saturated rings. The van der Waals surface area contributed by atoms with Gasteiger partial charge in [-0.05, 0) is 25.5 Å². The van der Waals surface area contributed by atoms with Crippen molar-refractivity contribution in [2.24, 2.45) is 0 Å². The number of hydrogen-bond donors (Lipinski definition) is 0. The second-order valence-corrected chi connectivity index (χ2v) is 4.25. The van der Waals surface area contributed by atoms with E-state index in [4.69, 9.17) is 16.6 Å². The molecule has 0 atom stereocenters. The summed E-state index contributed by atoms with van der Waals surface area (Å²) in [4.78, 5) is 25.0. The number of nitrogens with zero attached hydrogens (tertiary/aromatic N) is 1. The average molecular weight is 300 g/mol. The van der Waals surface area contributed by atoms with Crippen molar-refractivity contribution in [2.45, 2.75) is 26.7 Å². The van der Waals surface area contributed by atoms with E-state index in [9.17, 15) is 9.59 Å². The topological polar surface area (TPSA) is 55.8 Å². The van der Waals surface area contributed by atoms with Gasteiger partial charge >= 0.3 is 12.1 Å². The van der Waals surface area contributed by atoms with Crippen LogP contribution in [0, 0.1) is 0 Å². The number of anilines is 1. The van der Waals surface area contributed by atoms with Crippen LogP contribution in [0.3, 0.4) is 0 Å². The van der Waals surface area contributed by atoms with Gasteiger partial charge in [-0.3, -0.25) is 4.90 Å². The fourth-order valence-corrected chi connectivity index (χ4v) is 1.79. The van der Waals surface area contributed by atoms with Crippen LogP contribution in [0.25, 0.3) is 0 Å². The first-order valence-corrected chi connectivity index (χ1v) is 6.82. The van der Waals surface area contributed by atoms with Crippen LogP contribution < -0.4 is 4.90 Å². The fourth-order valence-electron chi connectivity index (χ4n) is 1.70. The van der Waals surface area contributed by atoms with Gasteiger partial charge < -0.3 is 9.03 Å². The summed E-state index contributed by atoms with van der Waals surface area (Å²) >= 11 is 5.10. The molecule has 0 spiro atoms. The van der Waals surface area contributed by atoms with Crippen LogP contribution in [0.1, 0.15) is 37.0 Å². The highest BCUT2D eigenvalue weighted by Crippen LogP contribution is 2.22. The van der Waals surface area contributed by atoms with E-state index in [-0.39, 0.29) is 5.56 Å². The molecule has 1 aromatic carbocycles. The van der Waals surface area contributed by atoms with Crippen LogP contribution in [0.15, 0.2) is 24.3 Å². The van der Waals surface area contributed by atoms with Crippen molar-refractivity contribution in [1.29, 1.82) is 0 Å². The first-order chi connectivity index (χ1) is 9.65. The Kier molecular flexibility index (Phi) is 6.87. The molecular formula is C14H18ClNO4. The van der Waals surface area contributed by atoms with Crippen molar-refractivity contribution < 1.29 is 18.6 Å². The number of halogens is 1. The van der Waals surface area contributed by atoms with E-state index in [2.05, 4.69) is 4.29 Å². The number of benzene rings is 1. The molecule has 0 N–H and O–H groups in total. The van der Waals surface area contributed by atoms with Gasteiger partial charge in [-0.2, -0.15) is 0 Å². The molecule has 6 heteroatoms. The molecule has 1 rings (SSSR count). The lowest BCUT2D eigenvalue weighted by atomic mass is 10.1. The third-order valence-electron chi connectivity index (χ3n) is 2.74. The lowest BCUT2D eigenvalue weighted by molar-refractivity contribution is 0.0752. The average Bonchev–Trinajstić information content (AvgIpc) is 2.48. The Balaban J connectivity index is 2.94. The minimum atomic E-state index is -0.706. The molecule has 5 nitrogen and oxygen atoms in total. The summed E-state index contributed by atoms with van der Waals surface area (Å²) in [7, 11) is 0. The standard InChI is InChI=1S/C14H18ClNO4/c1-3-5-10-19-14(18)16(4-2)12-9-7-6-8-11(12)13(17)20-15/h6-9H,3-5,10H2,1-2H3. The summed E-state index contributed by atoms with van der Waals surface area (Å²) < 4.78 is 9.36. The van der Waals surface area contributed by atoms with E-state index in [1.165, 1.54) is 4.90 Å². The van der Waals surface area contributed by atoms with Crippen molar-refractivity contribution in [1.82, 2.24) is 0 Å². The monoisotopic (exact) mass is 299 g/mol. The predicted molar refractivity (Wildman–Crippen MR) is 77.0 cm³/mol. The van der Waals surface area contributed by atoms with Gasteiger partial charge in [-0.15, -0.1) is 0 Å². The second kappa shape index (κ2) is 8.43. The number of rotatable bonds is 6. The normalized spacial score (nSPS) is 9.95. The van der Waals surface area contributed by atoms with Gasteiger partial charge in [0.1, 0.15) is 11.9 Å². The highest BCUT2D eigenvalue weighted by Gasteiger charge is 2.22. The van der Waals surface area contributed by atoms with Crippen molar-refractivity contribution in [2.75, 3.05) is 18.1 Å². The Hall–Kier alpha value is -1.75. The zero-order chi connectivity index (χ0) is 15.0. The highest BCUT2D eigenvalue weighted by molar-refractivity contribution is 6.17. The second-order valence-electron chi connectivity index (χ2n) is 4.09. The number of ether oxygens (including phenoxy) is 1. The Morgan fingerprint density at radius 3 is 2.55 bits per heavy atom. The van der Waals surface area contributed by atoms with Gasteiger partial charge in [0.05, 0.1) is 17.9 Å². The van der Waals surface area contributed by atoms with Crippen molar-refractivity contribution in [3.63, 3.8) is 0 Å². The van der Waals surface area contributed by atoms with Gasteiger partial charge in [0.25, 0.3) is 0 Å². The van der Waals surface area contributed by atoms with Crippen LogP contribution in [0.4, 0.5) is 10.5 Å². The number of unbranched alkanes of at least 4 members (excludes halogenated alkanes) is 1. The minimum absolute atomic E-state index is 0.219. The van der Waals surface area contributed by atoms with E-state index >= 15 is 0 Å². The summed E-state index contributed by atoms with van der Waals surface area (Å²) in [5, 5.41) is 0. The molecule has 0 aliphatic heterocycles. The molecule has 0 unspecified atom stereocenters. The summed E-state index contributed by atoms with van der Waals surface area (Å²) in [6.07, 6.45) is 1.25. The Morgan fingerprint density at radius 1 is 1.25 bits per heavy atom. The molecule has 1 aromatic rings. The van der Waals surface area contributed by atoms with Crippen LogP contribution in [-0.4, -0.2) is 25.2 Å². The first kappa shape index (κ1) is 16.3. The summed E-state index contributed by atoms with van der Waals surface area (Å²) in [5.74, 6) is -0.706.